The number of nitrogens with zero attached hydrogens (tertiary/aromatic N) is 3. The van der Waals surface area contributed by atoms with Gasteiger partial charge in [-0.3, -0.25) is 14.2 Å². The number of phosphoric acid groups is 1. The normalized spacial score (nSPS) is 12.5. The number of aromatic nitrogens is 2. The first kappa shape index (κ1) is 45.4. The molecule has 56 heavy (non-hydrogen) atoms. The lowest BCUT2D eigenvalue weighted by molar-refractivity contribution is -0.120. The van der Waals surface area contributed by atoms with Gasteiger partial charge in [-0.15, -0.1) is 0 Å². The Kier molecular flexibility index (Phi) is 19.8. The quantitative estimate of drug-likeness (QED) is 0.0475. The third-order valence-corrected chi connectivity index (χ3v) is 11.5. The van der Waals surface area contributed by atoms with Crippen molar-refractivity contribution in [2.24, 2.45) is 0 Å². The molecule has 0 spiro atoms. The third kappa shape index (κ3) is 15.6. The van der Waals surface area contributed by atoms with Crippen molar-refractivity contribution in [3.8, 4) is 5.75 Å². The Balaban J connectivity index is 0.000000908. The molecule has 5 aromatic rings. The van der Waals surface area contributed by atoms with Gasteiger partial charge in [0.2, 0.25) is 5.91 Å². The molecule has 9 nitrogen and oxygen atoms in total. The van der Waals surface area contributed by atoms with E-state index < -0.39 is 7.82 Å². The fourth-order valence-electron chi connectivity index (χ4n) is 6.87. The number of phosphoric ester groups is 1. The van der Waals surface area contributed by atoms with Gasteiger partial charge < -0.3 is 23.9 Å². The average molecular weight is 828 g/mol. The minimum atomic E-state index is -4.15. The number of fused-ring (bicyclic) bond motifs is 2. The van der Waals surface area contributed by atoms with Crippen molar-refractivity contribution in [3.05, 3.63) is 101 Å². The number of hydrogen-bond acceptors (Lipinski definition) is 5. The van der Waals surface area contributed by atoms with Gasteiger partial charge in [0.05, 0.1) is 13.0 Å². The lowest BCUT2D eigenvalue weighted by Gasteiger charge is -2.13. The molecular formula is C44H61Cl2N4O5P. The van der Waals surface area contributed by atoms with Crippen molar-refractivity contribution in [3.63, 3.8) is 0 Å². The van der Waals surface area contributed by atoms with Gasteiger partial charge in [0.15, 0.2) is 0 Å². The Morgan fingerprint density at radius 1 is 0.750 bits per heavy atom. The Morgan fingerprint density at radius 2 is 1.39 bits per heavy atom. The van der Waals surface area contributed by atoms with Crippen LogP contribution in [-0.2, 0) is 33.4 Å². The molecule has 2 N–H and O–H groups in total. The molecule has 0 bridgehead atoms. The van der Waals surface area contributed by atoms with E-state index in [9.17, 15) is 14.3 Å². The summed E-state index contributed by atoms with van der Waals surface area (Å²) in [4.78, 5) is 25.1. The van der Waals surface area contributed by atoms with Crippen LogP contribution < -0.4 is 9.84 Å². The molecule has 1 unspecified atom stereocenters. The lowest BCUT2D eigenvalue weighted by Crippen LogP contribution is -2.26. The zero-order chi connectivity index (χ0) is 40.2. The van der Waals surface area contributed by atoms with Gasteiger partial charge in [-0.25, -0.2) is 4.57 Å². The Labute approximate surface area is 343 Å². The van der Waals surface area contributed by atoms with Crippen LogP contribution in [0.15, 0.2) is 85.2 Å². The van der Waals surface area contributed by atoms with Gasteiger partial charge in [-0.2, -0.15) is 0 Å². The third-order valence-electron chi connectivity index (χ3n) is 10.0. The summed E-state index contributed by atoms with van der Waals surface area (Å²) in [6, 6.07) is 22.7. The number of halogens is 2. The highest BCUT2D eigenvalue weighted by Gasteiger charge is 2.22. The van der Waals surface area contributed by atoms with Crippen LogP contribution in [0.3, 0.4) is 0 Å². The van der Waals surface area contributed by atoms with E-state index in [4.69, 9.17) is 32.2 Å². The van der Waals surface area contributed by atoms with Gasteiger partial charge in [-0.05, 0) is 86.6 Å². The van der Waals surface area contributed by atoms with Crippen molar-refractivity contribution >= 4 is 58.7 Å². The number of amides is 1. The molecule has 0 saturated heterocycles. The van der Waals surface area contributed by atoms with Crippen LogP contribution in [0.5, 0.6) is 5.75 Å². The molecule has 1 atom stereocenters. The minimum Gasteiger partial charge on any atom is -0.404 e. The maximum absolute atomic E-state index is 12.8. The molecule has 0 fully saturated rings. The van der Waals surface area contributed by atoms with Crippen LogP contribution in [0, 0.1) is 0 Å². The van der Waals surface area contributed by atoms with E-state index in [1.165, 1.54) is 51.4 Å². The standard InChI is InChI=1S/C38H46Cl2N3O5P.C6H15N/c39-32-14-13-15-34(28-32)48-49(45,46)47-25-12-8-6-4-2-1-3-5-7-11-21-41-38(44)27-31-29-43(37-17-10-9-16-35(31)37)24-23-42-22-20-30-26-33(40)18-19-36(30)42;1-4-7(5-2)6-3/h9-10,13-20,22,26,28-29H,1-8,11-12,21,23-25,27H2,(H,41,44)(H,45,46);4-6H2,1-3H3. The van der Waals surface area contributed by atoms with Crippen molar-refractivity contribution < 1.29 is 23.3 Å². The van der Waals surface area contributed by atoms with Crippen LogP contribution in [0.4, 0.5) is 0 Å². The number of benzene rings is 3. The number of hydrogen-bond donors (Lipinski definition) is 2. The zero-order valence-corrected chi connectivity index (χ0v) is 35.8. The maximum atomic E-state index is 12.8. The second-order valence-electron chi connectivity index (χ2n) is 14.1. The van der Waals surface area contributed by atoms with Crippen molar-refractivity contribution in [1.82, 2.24) is 19.4 Å². The summed E-state index contributed by atoms with van der Waals surface area (Å²) >= 11 is 12.0. The van der Waals surface area contributed by atoms with E-state index >= 15 is 0 Å². The summed E-state index contributed by atoms with van der Waals surface area (Å²) in [5, 5.41) is 6.56. The molecule has 0 aliphatic carbocycles. The number of para-hydroxylation sites is 1. The first-order valence-electron chi connectivity index (χ1n) is 20.3. The molecule has 0 aliphatic rings. The van der Waals surface area contributed by atoms with E-state index in [1.54, 1.807) is 18.2 Å². The summed E-state index contributed by atoms with van der Waals surface area (Å²) in [7, 11) is -4.15. The topological polar surface area (TPSA) is 98.0 Å². The summed E-state index contributed by atoms with van der Waals surface area (Å²) < 4.78 is 26.7. The largest absolute Gasteiger partial charge is 0.527 e. The predicted molar refractivity (Wildman–Crippen MR) is 233 cm³/mol. The Morgan fingerprint density at radius 3 is 2.07 bits per heavy atom. The number of rotatable bonds is 24. The molecule has 12 heteroatoms. The van der Waals surface area contributed by atoms with Crippen LogP contribution in [0.2, 0.25) is 10.0 Å². The minimum absolute atomic E-state index is 0.0667. The Bertz CT molecular complexity index is 1950. The summed E-state index contributed by atoms with van der Waals surface area (Å²) in [5.74, 6) is 0.275. The van der Waals surface area contributed by atoms with Gasteiger partial charge >= 0.3 is 7.82 Å². The van der Waals surface area contributed by atoms with Gasteiger partial charge in [-0.1, -0.05) is 120 Å². The molecule has 306 valence electrons. The van der Waals surface area contributed by atoms with Crippen LogP contribution in [0.25, 0.3) is 21.8 Å². The fraction of sp³-hybridized carbons (Fsp3) is 0.477. The molecule has 2 aromatic heterocycles. The second-order valence-corrected chi connectivity index (χ2v) is 16.4. The molecule has 2 heterocycles. The number of carbonyl (C=O) groups is 1. The van der Waals surface area contributed by atoms with Crippen molar-refractivity contribution in [1.29, 1.82) is 0 Å². The van der Waals surface area contributed by atoms with Gasteiger partial charge in [0.1, 0.15) is 5.75 Å². The van der Waals surface area contributed by atoms with E-state index in [0.29, 0.717) is 24.4 Å². The van der Waals surface area contributed by atoms with E-state index in [-0.39, 0.29) is 18.3 Å². The predicted octanol–water partition coefficient (Wildman–Crippen LogP) is 11.7. The number of nitrogens with one attached hydrogen (secondary N) is 1. The Hall–Kier alpha value is -3.30. The summed E-state index contributed by atoms with van der Waals surface area (Å²) in [5.41, 5.74) is 3.37. The highest BCUT2D eigenvalue weighted by Crippen LogP contribution is 2.44. The molecule has 1 amide bonds. The van der Waals surface area contributed by atoms with Crippen molar-refractivity contribution in [2.45, 2.75) is 104 Å². The van der Waals surface area contributed by atoms with E-state index in [2.05, 4.69) is 76.8 Å². The molecular weight excluding hydrogens is 766 g/mol. The smallest absolute Gasteiger partial charge is 0.404 e. The second kappa shape index (κ2) is 24.5. The molecule has 0 saturated carbocycles. The van der Waals surface area contributed by atoms with Crippen LogP contribution >= 0.6 is 31.0 Å². The fourth-order valence-corrected chi connectivity index (χ4v) is 8.02. The number of carbonyl (C=O) groups excluding carboxylic acids is 1. The van der Waals surface area contributed by atoms with E-state index in [1.807, 2.05) is 24.3 Å². The highest BCUT2D eigenvalue weighted by molar-refractivity contribution is 7.47. The SMILES string of the molecule is CCN(CC)CC.O=C(Cc1cn(CCn2ccc3cc(Cl)ccc32)c2ccccc12)NCCCCCCCCCCCCOP(=O)(O)Oc1cccc(Cl)c1. The number of unbranched alkanes of at least 4 members (excludes halogenated alkanes) is 9. The maximum Gasteiger partial charge on any atom is 0.527 e. The van der Waals surface area contributed by atoms with Gasteiger partial charge in [0.25, 0.3) is 0 Å². The summed E-state index contributed by atoms with van der Waals surface area (Å²) in [6.07, 6.45) is 15.3. The lowest BCUT2D eigenvalue weighted by atomic mass is 10.1. The highest BCUT2D eigenvalue weighted by atomic mass is 35.5. The van der Waals surface area contributed by atoms with Crippen LogP contribution in [0.1, 0.15) is 90.5 Å². The summed E-state index contributed by atoms with van der Waals surface area (Å²) in [6.45, 7) is 12.6. The van der Waals surface area contributed by atoms with Crippen molar-refractivity contribution in [2.75, 3.05) is 32.8 Å². The first-order valence-corrected chi connectivity index (χ1v) is 22.6. The first-order chi connectivity index (χ1) is 27.1. The molecule has 3 aromatic carbocycles. The van der Waals surface area contributed by atoms with Crippen LogP contribution in [-0.4, -0.2) is 57.6 Å². The van der Waals surface area contributed by atoms with E-state index in [0.717, 1.165) is 77.6 Å². The molecule has 0 aliphatic heterocycles. The monoisotopic (exact) mass is 826 g/mol. The zero-order valence-electron chi connectivity index (χ0n) is 33.4. The van der Waals surface area contributed by atoms with Gasteiger partial charge in [0, 0.05) is 63.9 Å². The average Bonchev–Trinajstić information content (AvgIpc) is 3.74. The molecule has 5 rings (SSSR count). The number of aryl methyl sites for hydroxylation is 2. The molecule has 0 radical (unpaired) electrons.